The number of benzene rings is 1. The van der Waals surface area contributed by atoms with Gasteiger partial charge in [0.05, 0.1) is 0 Å². The van der Waals surface area contributed by atoms with Crippen molar-refractivity contribution in [3.63, 3.8) is 0 Å². The van der Waals surface area contributed by atoms with Crippen LogP contribution >= 0.6 is 11.8 Å². The van der Waals surface area contributed by atoms with Gasteiger partial charge in [0, 0.05) is 25.3 Å². The lowest BCUT2D eigenvalue weighted by Crippen LogP contribution is -2.55. The summed E-state index contributed by atoms with van der Waals surface area (Å²) < 4.78 is 39.0. The van der Waals surface area contributed by atoms with Crippen molar-refractivity contribution in [2.75, 3.05) is 24.5 Å². The van der Waals surface area contributed by atoms with Crippen LogP contribution in [-0.4, -0.2) is 36.3 Å². The minimum absolute atomic E-state index is 0.128. The molecule has 17 heavy (non-hydrogen) atoms. The van der Waals surface area contributed by atoms with E-state index in [0.717, 1.165) is 10.1 Å². The molecule has 2 rings (SSSR count). The number of rotatable bonds is 1. The number of piperazine rings is 1. The zero-order chi connectivity index (χ0) is 12.5. The maximum atomic E-state index is 12.7. The Morgan fingerprint density at radius 3 is 2.35 bits per heavy atom. The highest BCUT2D eigenvalue weighted by Gasteiger charge is 2.46. The lowest BCUT2D eigenvalue weighted by Gasteiger charge is -2.39. The zero-order valence-electron chi connectivity index (χ0n) is 8.99. The van der Waals surface area contributed by atoms with Crippen molar-refractivity contribution >= 4 is 17.5 Å². The maximum absolute atomic E-state index is 12.7. The smallest absolute Gasteiger partial charge is 0.368 e. The average molecular weight is 265 g/mol. The molecule has 0 amide bonds. The fourth-order valence-electron chi connectivity index (χ4n) is 1.90. The Balaban J connectivity index is 2.13. The summed E-state index contributed by atoms with van der Waals surface area (Å²) in [5.74, 6) is 0. The van der Waals surface area contributed by atoms with Gasteiger partial charge in [0.15, 0.2) is 0 Å². The molecule has 0 saturated carbocycles. The summed E-state index contributed by atoms with van der Waals surface area (Å²) in [6.45, 7) is 0.567. The summed E-state index contributed by atoms with van der Waals surface area (Å²) in [6, 6.07) is 7.45. The van der Waals surface area contributed by atoms with Crippen LogP contribution in [0.1, 0.15) is 0 Å². The molecule has 1 atom stereocenters. The Kier molecular flexibility index (Phi) is 3.49. The molecule has 1 heterocycles. The van der Waals surface area contributed by atoms with Crippen molar-refractivity contribution in [1.29, 1.82) is 0 Å². The number of nitrogens with zero attached hydrogens (tertiary/aromatic N) is 2. The second-order valence-electron chi connectivity index (χ2n) is 3.96. The van der Waals surface area contributed by atoms with Crippen molar-refractivity contribution in [3.8, 4) is 0 Å². The molecule has 1 saturated heterocycles. The van der Waals surface area contributed by atoms with Gasteiger partial charge in [-0.3, -0.25) is 0 Å². The fraction of sp³-hybridized carbons (Fsp3) is 0.455. The van der Waals surface area contributed by atoms with E-state index in [2.05, 4.69) is 0 Å². The number of halogens is 4. The number of hydrogen-bond donors (Lipinski definition) is 0. The SMILES string of the molecule is FC(F)(F)C1CN(c2ccccc2)CCN1Cl. The van der Waals surface area contributed by atoms with Gasteiger partial charge in [-0.2, -0.15) is 13.2 Å². The molecule has 0 N–H and O–H groups in total. The number of anilines is 1. The summed E-state index contributed by atoms with van der Waals surface area (Å²) in [7, 11) is 0. The van der Waals surface area contributed by atoms with Crippen LogP contribution in [-0.2, 0) is 0 Å². The van der Waals surface area contributed by atoms with Gasteiger partial charge < -0.3 is 4.90 Å². The van der Waals surface area contributed by atoms with Gasteiger partial charge in [-0.15, -0.1) is 0 Å². The third kappa shape index (κ3) is 2.84. The summed E-state index contributed by atoms with van der Waals surface area (Å²) in [6.07, 6.45) is -4.30. The molecule has 1 aliphatic heterocycles. The highest BCUT2D eigenvalue weighted by Crippen LogP contribution is 2.30. The van der Waals surface area contributed by atoms with E-state index in [1.165, 1.54) is 0 Å². The largest absolute Gasteiger partial charge is 0.407 e. The first-order valence-corrected chi connectivity index (χ1v) is 5.61. The van der Waals surface area contributed by atoms with Crippen LogP contribution in [0.4, 0.5) is 18.9 Å². The average Bonchev–Trinajstić information content (AvgIpc) is 2.29. The first-order chi connectivity index (χ1) is 7.98. The third-order valence-corrected chi connectivity index (χ3v) is 3.22. The molecule has 1 aliphatic rings. The van der Waals surface area contributed by atoms with Crippen LogP contribution < -0.4 is 4.90 Å². The monoisotopic (exact) mass is 264 g/mol. The maximum Gasteiger partial charge on any atom is 0.407 e. The van der Waals surface area contributed by atoms with Crippen molar-refractivity contribution in [2.24, 2.45) is 0 Å². The molecule has 94 valence electrons. The standard InChI is InChI=1S/C11H12ClF3N2/c12-17-7-6-16(8-10(17)11(13,14)15)9-4-2-1-3-5-9/h1-5,10H,6-8H2. The lowest BCUT2D eigenvalue weighted by atomic mass is 10.1. The topological polar surface area (TPSA) is 6.48 Å². The molecule has 1 aromatic rings. The molecule has 0 radical (unpaired) electrons. The Labute approximate surface area is 103 Å². The van der Waals surface area contributed by atoms with E-state index in [9.17, 15) is 13.2 Å². The predicted octanol–water partition coefficient (Wildman–Crippen LogP) is 2.89. The molecule has 0 bridgehead atoms. The van der Waals surface area contributed by atoms with E-state index in [1.807, 2.05) is 18.2 Å². The first-order valence-electron chi connectivity index (χ1n) is 5.27. The number of alkyl halides is 3. The molecule has 1 unspecified atom stereocenters. The summed E-state index contributed by atoms with van der Waals surface area (Å²) in [4.78, 5) is 1.71. The van der Waals surface area contributed by atoms with Gasteiger partial charge in [0.25, 0.3) is 0 Å². The van der Waals surface area contributed by atoms with Gasteiger partial charge in [0.2, 0.25) is 0 Å². The lowest BCUT2D eigenvalue weighted by molar-refractivity contribution is -0.171. The Morgan fingerprint density at radius 1 is 1.12 bits per heavy atom. The molecule has 1 aromatic carbocycles. The fourth-order valence-corrected chi connectivity index (χ4v) is 2.14. The minimum atomic E-state index is -4.30. The Bertz CT molecular complexity index is 369. The van der Waals surface area contributed by atoms with Crippen LogP contribution in [0.3, 0.4) is 0 Å². The molecule has 0 aliphatic carbocycles. The Hall–Kier alpha value is -0.940. The van der Waals surface area contributed by atoms with Crippen molar-refractivity contribution in [1.82, 2.24) is 4.42 Å². The van der Waals surface area contributed by atoms with Crippen molar-refractivity contribution in [3.05, 3.63) is 30.3 Å². The second kappa shape index (κ2) is 4.74. The van der Waals surface area contributed by atoms with E-state index >= 15 is 0 Å². The van der Waals surface area contributed by atoms with Gasteiger partial charge >= 0.3 is 6.18 Å². The molecule has 2 nitrogen and oxygen atoms in total. The molecule has 0 spiro atoms. The van der Waals surface area contributed by atoms with E-state index < -0.39 is 12.2 Å². The van der Waals surface area contributed by atoms with E-state index in [4.69, 9.17) is 11.8 Å². The van der Waals surface area contributed by atoms with Gasteiger partial charge in [0.1, 0.15) is 6.04 Å². The number of para-hydroxylation sites is 1. The predicted molar refractivity (Wildman–Crippen MR) is 61.1 cm³/mol. The molecule has 0 aromatic heterocycles. The van der Waals surface area contributed by atoms with Crippen LogP contribution in [0.15, 0.2) is 30.3 Å². The first kappa shape index (κ1) is 12.5. The van der Waals surface area contributed by atoms with E-state index in [0.29, 0.717) is 6.54 Å². The van der Waals surface area contributed by atoms with Gasteiger partial charge in [-0.25, -0.2) is 4.42 Å². The quantitative estimate of drug-likeness (QED) is 0.720. The van der Waals surface area contributed by atoms with Crippen LogP contribution in [0.5, 0.6) is 0 Å². The highest BCUT2D eigenvalue weighted by molar-refractivity contribution is 6.13. The molecule has 1 fully saturated rings. The second-order valence-corrected chi connectivity index (χ2v) is 4.40. The highest BCUT2D eigenvalue weighted by atomic mass is 35.5. The molecular weight excluding hydrogens is 253 g/mol. The van der Waals surface area contributed by atoms with Gasteiger partial charge in [-0.05, 0) is 23.9 Å². The zero-order valence-corrected chi connectivity index (χ0v) is 9.75. The third-order valence-electron chi connectivity index (χ3n) is 2.81. The van der Waals surface area contributed by atoms with E-state index in [1.54, 1.807) is 17.0 Å². The minimum Gasteiger partial charge on any atom is -0.368 e. The van der Waals surface area contributed by atoms with Crippen LogP contribution in [0.2, 0.25) is 0 Å². The summed E-state index contributed by atoms with van der Waals surface area (Å²) in [5, 5.41) is 0. The molecular formula is C11H12ClF3N2. The van der Waals surface area contributed by atoms with E-state index in [-0.39, 0.29) is 13.1 Å². The summed E-state index contributed by atoms with van der Waals surface area (Å²) in [5.41, 5.74) is 0.798. The van der Waals surface area contributed by atoms with Crippen LogP contribution in [0.25, 0.3) is 0 Å². The van der Waals surface area contributed by atoms with Crippen molar-refractivity contribution in [2.45, 2.75) is 12.2 Å². The van der Waals surface area contributed by atoms with Crippen LogP contribution in [0, 0.1) is 0 Å². The summed E-state index contributed by atoms with van der Waals surface area (Å²) >= 11 is 5.61. The van der Waals surface area contributed by atoms with Crippen molar-refractivity contribution < 1.29 is 13.2 Å². The normalized spacial score (nSPS) is 22.8. The Morgan fingerprint density at radius 2 is 1.76 bits per heavy atom. The van der Waals surface area contributed by atoms with Gasteiger partial charge in [-0.1, -0.05) is 18.2 Å². The molecule has 6 heteroatoms. The number of hydrogen-bond acceptors (Lipinski definition) is 2.